The highest BCUT2D eigenvalue weighted by Gasteiger charge is 2.53. The zero-order chi connectivity index (χ0) is 53.7. The SMILES string of the molecule is c1ccc(-c2ccc(-c3ccc(N(c4ccc(-c5ccc6c(c5)C5(c7ccccc7-6)c6ccccc6-n6c7ccccc7c7cccc5c76)cc4)c4ccc5c(c4)C4(c6ccccc6-c6ccccc64)c4ccccc4-5)cc3)cc2)cc1. The van der Waals surface area contributed by atoms with Crippen LogP contribution in [0.2, 0.25) is 0 Å². The molecule has 0 bridgehead atoms. The predicted molar refractivity (Wildman–Crippen MR) is 339 cm³/mol. The number of nitrogens with zero attached hydrogens (tertiary/aromatic N) is 2. The molecule has 1 aliphatic heterocycles. The fourth-order valence-electron chi connectivity index (χ4n) is 15.5. The van der Waals surface area contributed by atoms with Crippen LogP contribution in [0.4, 0.5) is 17.1 Å². The second-order valence-corrected chi connectivity index (χ2v) is 22.6. The van der Waals surface area contributed by atoms with Gasteiger partial charge >= 0.3 is 0 Å². The summed E-state index contributed by atoms with van der Waals surface area (Å²) >= 11 is 0. The monoisotopic (exact) mass is 1040 g/mol. The van der Waals surface area contributed by atoms with E-state index in [0.29, 0.717) is 0 Å². The summed E-state index contributed by atoms with van der Waals surface area (Å²) < 4.78 is 2.53. The Balaban J connectivity index is 0.797. The molecule has 3 aliphatic carbocycles. The van der Waals surface area contributed by atoms with Crippen LogP contribution in [0.1, 0.15) is 44.5 Å². The van der Waals surface area contributed by atoms with Crippen molar-refractivity contribution in [3.05, 3.63) is 348 Å². The van der Waals surface area contributed by atoms with Gasteiger partial charge in [-0.15, -0.1) is 0 Å². The third kappa shape index (κ3) is 5.97. The van der Waals surface area contributed by atoms with Gasteiger partial charge in [0.2, 0.25) is 0 Å². The predicted octanol–water partition coefficient (Wildman–Crippen LogP) is 20.3. The molecule has 2 heteroatoms. The molecular formula is C80H50N2. The average molecular weight is 1040 g/mol. The van der Waals surface area contributed by atoms with E-state index in [-0.39, 0.29) is 0 Å². The molecule has 2 nitrogen and oxygen atoms in total. The zero-order valence-corrected chi connectivity index (χ0v) is 44.8. The van der Waals surface area contributed by atoms with Crippen molar-refractivity contribution in [3.63, 3.8) is 0 Å². The Morgan fingerprint density at radius 2 is 0.610 bits per heavy atom. The summed E-state index contributed by atoms with van der Waals surface area (Å²) in [6, 6.07) is 114. The third-order valence-electron chi connectivity index (χ3n) is 18.8. The summed E-state index contributed by atoms with van der Waals surface area (Å²) in [5.74, 6) is 0. The Bertz CT molecular complexity index is 4900. The molecule has 82 heavy (non-hydrogen) atoms. The van der Waals surface area contributed by atoms with Crippen LogP contribution in [-0.2, 0) is 10.8 Å². The van der Waals surface area contributed by atoms with Gasteiger partial charge in [-0.1, -0.05) is 249 Å². The lowest BCUT2D eigenvalue weighted by atomic mass is 9.65. The summed E-state index contributed by atoms with van der Waals surface area (Å²) in [5, 5.41) is 2.57. The number of aromatic nitrogens is 1. The van der Waals surface area contributed by atoms with E-state index in [1.165, 1.54) is 139 Å². The molecule has 14 aromatic rings. The standard InChI is InChI=1S/C80H50N2/c1-2-17-51(18-3-1)52-33-35-53(36-34-52)54-37-42-57(43-38-54)81(59-46-48-65-63-22-6-11-27-70(63)79(75(65)50-59)68-25-9-4-19-60(68)61-20-5-10-26-69(61)79)58-44-39-55(40-45-58)56-41-47-64-62-21-7-12-28-71(62)80(74(64)49-56)72-29-13-15-32-77(72)82-76-31-14-8-23-66(76)67-24-16-30-73(80)78(67)82/h1-50H. The number of rotatable bonds is 6. The lowest BCUT2D eigenvalue weighted by Crippen LogP contribution is -2.33. The first-order valence-corrected chi connectivity index (χ1v) is 28.7. The van der Waals surface area contributed by atoms with E-state index in [0.717, 1.165) is 17.1 Å². The second-order valence-electron chi connectivity index (χ2n) is 22.6. The van der Waals surface area contributed by atoms with Crippen LogP contribution in [0, 0.1) is 0 Å². The molecule has 0 fully saturated rings. The van der Waals surface area contributed by atoms with Crippen LogP contribution < -0.4 is 4.90 Å². The van der Waals surface area contributed by atoms with E-state index in [1.54, 1.807) is 0 Å². The van der Waals surface area contributed by atoms with Crippen molar-refractivity contribution < 1.29 is 0 Å². The summed E-state index contributed by atoms with van der Waals surface area (Å²) in [4.78, 5) is 2.46. The van der Waals surface area contributed by atoms with Gasteiger partial charge in [0.05, 0.1) is 27.6 Å². The smallest absolute Gasteiger partial charge is 0.0754 e. The van der Waals surface area contributed by atoms with Crippen molar-refractivity contribution in [2.45, 2.75) is 10.8 Å². The van der Waals surface area contributed by atoms with Crippen LogP contribution in [0.15, 0.2) is 303 Å². The number of anilines is 3. The van der Waals surface area contributed by atoms with E-state index in [9.17, 15) is 0 Å². The largest absolute Gasteiger partial charge is 0.310 e. The fourth-order valence-corrected chi connectivity index (χ4v) is 15.5. The molecule has 0 N–H and O–H groups in total. The molecule has 380 valence electrons. The highest BCUT2D eigenvalue weighted by Crippen LogP contribution is 2.64. The first kappa shape index (κ1) is 45.3. The molecular weight excluding hydrogens is 989 g/mol. The number of hydrogen-bond acceptors (Lipinski definition) is 1. The highest BCUT2D eigenvalue weighted by molar-refractivity contribution is 6.13. The quantitative estimate of drug-likeness (QED) is 0.161. The Labute approximate surface area is 476 Å². The highest BCUT2D eigenvalue weighted by atomic mass is 15.1. The molecule has 0 radical (unpaired) electrons. The van der Waals surface area contributed by atoms with Gasteiger partial charge in [0.25, 0.3) is 0 Å². The van der Waals surface area contributed by atoms with Crippen molar-refractivity contribution in [1.29, 1.82) is 0 Å². The summed E-state index contributed by atoms with van der Waals surface area (Å²) in [7, 11) is 0. The summed E-state index contributed by atoms with van der Waals surface area (Å²) in [6.07, 6.45) is 0. The van der Waals surface area contributed by atoms with Crippen LogP contribution in [0.3, 0.4) is 0 Å². The van der Waals surface area contributed by atoms with E-state index >= 15 is 0 Å². The lowest BCUT2D eigenvalue weighted by Gasteiger charge is -2.39. The normalized spacial score (nSPS) is 15.0. The van der Waals surface area contributed by atoms with Crippen molar-refractivity contribution in [2.75, 3.05) is 4.90 Å². The maximum absolute atomic E-state index is 2.53. The molecule has 13 aromatic carbocycles. The number of benzene rings is 13. The maximum Gasteiger partial charge on any atom is 0.0754 e. The van der Waals surface area contributed by atoms with Gasteiger partial charge in [0.1, 0.15) is 0 Å². The summed E-state index contributed by atoms with van der Waals surface area (Å²) in [6.45, 7) is 0. The van der Waals surface area contributed by atoms with Gasteiger partial charge in [0, 0.05) is 27.8 Å². The molecule has 1 atom stereocenters. The Morgan fingerprint density at radius 3 is 1.20 bits per heavy atom. The summed E-state index contributed by atoms with van der Waals surface area (Å²) in [5.41, 5.74) is 31.6. The van der Waals surface area contributed by atoms with E-state index in [4.69, 9.17) is 0 Å². The molecule has 2 heterocycles. The van der Waals surface area contributed by atoms with Gasteiger partial charge in [-0.3, -0.25) is 0 Å². The van der Waals surface area contributed by atoms with E-state index in [2.05, 4.69) is 313 Å². The Kier molecular flexibility index (Phi) is 9.39. The van der Waals surface area contributed by atoms with Crippen molar-refractivity contribution >= 4 is 38.9 Å². The Hall–Kier alpha value is -10.5. The zero-order valence-electron chi connectivity index (χ0n) is 44.8. The van der Waals surface area contributed by atoms with Gasteiger partial charge < -0.3 is 9.47 Å². The van der Waals surface area contributed by atoms with Gasteiger partial charge in [-0.05, 0) is 166 Å². The molecule has 2 spiro atoms. The molecule has 4 aliphatic rings. The van der Waals surface area contributed by atoms with Gasteiger partial charge in [-0.25, -0.2) is 0 Å². The molecule has 0 saturated carbocycles. The Morgan fingerprint density at radius 1 is 0.232 bits per heavy atom. The molecule has 0 amide bonds. The van der Waals surface area contributed by atoms with Gasteiger partial charge in [-0.2, -0.15) is 0 Å². The molecule has 0 saturated heterocycles. The van der Waals surface area contributed by atoms with Crippen molar-refractivity contribution in [3.8, 4) is 72.4 Å². The fraction of sp³-hybridized carbons (Fsp3) is 0.0250. The van der Waals surface area contributed by atoms with Crippen molar-refractivity contribution in [1.82, 2.24) is 4.57 Å². The number of hydrogen-bond donors (Lipinski definition) is 0. The first-order chi connectivity index (χ1) is 40.7. The maximum atomic E-state index is 2.53. The second kappa shape index (κ2) is 17.0. The van der Waals surface area contributed by atoms with E-state index < -0.39 is 10.8 Å². The van der Waals surface area contributed by atoms with Crippen LogP contribution in [0.5, 0.6) is 0 Å². The lowest BCUT2D eigenvalue weighted by molar-refractivity contribution is 0.749. The van der Waals surface area contributed by atoms with Gasteiger partial charge in [0.15, 0.2) is 0 Å². The topological polar surface area (TPSA) is 8.17 Å². The molecule has 18 rings (SSSR count). The average Bonchev–Trinajstić information content (AvgIpc) is 1.71. The minimum absolute atomic E-state index is 0.466. The van der Waals surface area contributed by atoms with Crippen LogP contribution in [0.25, 0.3) is 94.3 Å². The minimum Gasteiger partial charge on any atom is -0.310 e. The van der Waals surface area contributed by atoms with Crippen molar-refractivity contribution in [2.24, 2.45) is 0 Å². The first-order valence-electron chi connectivity index (χ1n) is 28.7. The number of fused-ring (bicyclic) bond motifs is 22. The van der Waals surface area contributed by atoms with Crippen LogP contribution >= 0.6 is 0 Å². The van der Waals surface area contributed by atoms with E-state index in [1.807, 2.05) is 0 Å². The molecule has 1 aromatic heterocycles. The number of para-hydroxylation sites is 3. The van der Waals surface area contributed by atoms with Crippen LogP contribution in [-0.4, -0.2) is 4.57 Å². The molecule has 1 unspecified atom stereocenters. The third-order valence-corrected chi connectivity index (χ3v) is 18.8. The minimum atomic E-state index is -0.528.